The van der Waals surface area contributed by atoms with Crippen LogP contribution in [0.4, 0.5) is 0 Å². The Bertz CT molecular complexity index is 449. The van der Waals surface area contributed by atoms with Gasteiger partial charge in [-0.25, -0.2) is 4.98 Å². The normalized spacial score (nSPS) is 12.8. The van der Waals surface area contributed by atoms with Crippen molar-refractivity contribution >= 4 is 11.3 Å². The number of hydrogen-bond acceptors (Lipinski definition) is 4. The molecule has 0 amide bonds. The number of rotatable bonds is 7. The summed E-state index contributed by atoms with van der Waals surface area (Å²) in [4.78, 5) is 5.55. The molecule has 4 nitrogen and oxygen atoms in total. The standard InChI is InChI=1S/C13H20N4S/c1-2-5-17-10-15-9-13(17)12(7-14)16-8-11-4-3-6-18-11/h3-4,6,9-10,12,16H,2,5,7-8,14H2,1H3. The Morgan fingerprint density at radius 3 is 3.11 bits per heavy atom. The van der Waals surface area contributed by atoms with Crippen LogP contribution in [0.15, 0.2) is 30.0 Å². The van der Waals surface area contributed by atoms with Gasteiger partial charge in [0.15, 0.2) is 0 Å². The minimum atomic E-state index is 0.168. The molecule has 0 saturated heterocycles. The van der Waals surface area contributed by atoms with E-state index >= 15 is 0 Å². The molecule has 2 rings (SSSR count). The maximum atomic E-state index is 5.87. The summed E-state index contributed by atoms with van der Waals surface area (Å²) in [7, 11) is 0. The van der Waals surface area contributed by atoms with Gasteiger partial charge in [0.1, 0.15) is 0 Å². The minimum absolute atomic E-state index is 0.168. The van der Waals surface area contributed by atoms with Crippen molar-refractivity contribution in [2.24, 2.45) is 5.73 Å². The van der Waals surface area contributed by atoms with Crippen molar-refractivity contribution in [1.29, 1.82) is 0 Å². The lowest BCUT2D eigenvalue weighted by Crippen LogP contribution is -2.29. The number of hydrogen-bond donors (Lipinski definition) is 2. The highest BCUT2D eigenvalue weighted by atomic mass is 32.1. The number of imidazole rings is 1. The van der Waals surface area contributed by atoms with Crippen LogP contribution in [0.5, 0.6) is 0 Å². The molecular formula is C13H20N4S. The van der Waals surface area contributed by atoms with Crippen LogP contribution in [-0.4, -0.2) is 16.1 Å². The fourth-order valence-corrected chi connectivity index (χ4v) is 2.65. The Kier molecular flexibility index (Phi) is 4.92. The van der Waals surface area contributed by atoms with E-state index in [1.165, 1.54) is 10.6 Å². The summed E-state index contributed by atoms with van der Waals surface area (Å²) < 4.78 is 2.18. The highest BCUT2D eigenvalue weighted by molar-refractivity contribution is 7.09. The average Bonchev–Trinajstić information content (AvgIpc) is 3.02. The lowest BCUT2D eigenvalue weighted by Gasteiger charge is -2.18. The second kappa shape index (κ2) is 6.68. The molecule has 0 bridgehead atoms. The Morgan fingerprint density at radius 1 is 1.56 bits per heavy atom. The second-order valence-corrected chi connectivity index (χ2v) is 5.29. The Hall–Kier alpha value is -1.17. The zero-order chi connectivity index (χ0) is 12.8. The predicted octanol–water partition coefficient (Wildman–Crippen LogP) is 2.14. The van der Waals surface area contributed by atoms with Gasteiger partial charge in [-0.1, -0.05) is 13.0 Å². The highest BCUT2D eigenvalue weighted by Gasteiger charge is 2.13. The zero-order valence-electron chi connectivity index (χ0n) is 10.7. The number of nitrogens with one attached hydrogen (secondary N) is 1. The van der Waals surface area contributed by atoms with Crippen molar-refractivity contribution in [2.75, 3.05) is 6.54 Å². The second-order valence-electron chi connectivity index (χ2n) is 4.26. The van der Waals surface area contributed by atoms with Crippen molar-refractivity contribution in [3.63, 3.8) is 0 Å². The Morgan fingerprint density at radius 2 is 2.44 bits per heavy atom. The molecule has 98 valence electrons. The van der Waals surface area contributed by atoms with Crippen molar-refractivity contribution in [3.8, 4) is 0 Å². The van der Waals surface area contributed by atoms with Gasteiger partial charge in [0.05, 0.1) is 18.1 Å². The van der Waals surface area contributed by atoms with Crippen molar-refractivity contribution < 1.29 is 0 Å². The molecule has 18 heavy (non-hydrogen) atoms. The largest absolute Gasteiger partial charge is 0.333 e. The van der Waals surface area contributed by atoms with Crippen LogP contribution in [0, 0.1) is 0 Å². The summed E-state index contributed by atoms with van der Waals surface area (Å²) in [6, 6.07) is 4.37. The lowest BCUT2D eigenvalue weighted by atomic mass is 10.2. The van der Waals surface area contributed by atoms with E-state index in [2.05, 4.69) is 39.3 Å². The highest BCUT2D eigenvalue weighted by Crippen LogP contribution is 2.14. The van der Waals surface area contributed by atoms with Crippen LogP contribution in [0.1, 0.15) is 30.0 Å². The molecule has 0 aromatic carbocycles. The fraction of sp³-hybridized carbons (Fsp3) is 0.462. The summed E-state index contributed by atoms with van der Waals surface area (Å²) in [5.74, 6) is 0. The first kappa shape index (κ1) is 13.3. The van der Waals surface area contributed by atoms with Crippen molar-refractivity contribution in [1.82, 2.24) is 14.9 Å². The molecule has 1 unspecified atom stereocenters. The predicted molar refractivity (Wildman–Crippen MR) is 75.5 cm³/mol. The number of nitrogens with two attached hydrogens (primary N) is 1. The topological polar surface area (TPSA) is 55.9 Å². The molecule has 2 heterocycles. The number of thiophene rings is 1. The summed E-state index contributed by atoms with van der Waals surface area (Å²) in [5, 5.41) is 5.59. The molecule has 0 fully saturated rings. The molecule has 2 aromatic heterocycles. The van der Waals surface area contributed by atoms with Crippen molar-refractivity contribution in [2.45, 2.75) is 32.5 Å². The lowest BCUT2D eigenvalue weighted by molar-refractivity contribution is 0.500. The van der Waals surface area contributed by atoms with Gasteiger partial charge in [-0.15, -0.1) is 11.3 Å². The molecule has 2 aromatic rings. The van der Waals surface area contributed by atoms with E-state index in [9.17, 15) is 0 Å². The molecule has 0 radical (unpaired) electrons. The average molecular weight is 264 g/mol. The molecule has 0 aliphatic carbocycles. The van der Waals surface area contributed by atoms with Crippen LogP contribution in [-0.2, 0) is 13.1 Å². The zero-order valence-corrected chi connectivity index (χ0v) is 11.5. The Balaban J connectivity index is 2.01. The number of nitrogens with zero attached hydrogens (tertiary/aromatic N) is 2. The molecule has 0 aliphatic rings. The van der Waals surface area contributed by atoms with Gasteiger partial charge in [-0.2, -0.15) is 0 Å². The summed E-state index contributed by atoms with van der Waals surface area (Å²) in [6.07, 6.45) is 4.90. The summed E-state index contributed by atoms with van der Waals surface area (Å²) in [5.41, 5.74) is 7.05. The first-order valence-corrected chi connectivity index (χ1v) is 7.19. The quantitative estimate of drug-likeness (QED) is 0.805. The van der Waals surface area contributed by atoms with E-state index in [-0.39, 0.29) is 6.04 Å². The number of aromatic nitrogens is 2. The third-order valence-electron chi connectivity index (χ3n) is 2.90. The third-order valence-corrected chi connectivity index (χ3v) is 3.78. The summed E-state index contributed by atoms with van der Waals surface area (Å²) in [6.45, 7) is 4.60. The van der Waals surface area contributed by atoms with Gasteiger partial charge in [0.2, 0.25) is 0 Å². The maximum Gasteiger partial charge on any atom is 0.0948 e. The fourth-order valence-electron chi connectivity index (χ4n) is 1.99. The van der Waals surface area contributed by atoms with Crippen LogP contribution >= 0.6 is 11.3 Å². The van der Waals surface area contributed by atoms with Gasteiger partial charge in [0.25, 0.3) is 0 Å². The summed E-state index contributed by atoms with van der Waals surface area (Å²) >= 11 is 1.76. The molecule has 1 atom stereocenters. The first-order chi connectivity index (χ1) is 8.85. The van der Waals surface area contributed by atoms with E-state index in [0.717, 1.165) is 19.5 Å². The van der Waals surface area contributed by atoms with Crippen LogP contribution in [0.2, 0.25) is 0 Å². The van der Waals surface area contributed by atoms with Gasteiger partial charge in [-0.3, -0.25) is 0 Å². The van der Waals surface area contributed by atoms with Gasteiger partial charge in [0, 0.05) is 30.7 Å². The molecule has 0 spiro atoms. The molecule has 5 heteroatoms. The van der Waals surface area contributed by atoms with Crippen LogP contribution < -0.4 is 11.1 Å². The molecule has 0 aliphatic heterocycles. The monoisotopic (exact) mass is 264 g/mol. The third kappa shape index (κ3) is 3.19. The van der Waals surface area contributed by atoms with E-state index < -0.39 is 0 Å². The maximum absolute atomic E-state index is 5.87. The van der Waals surface area contributed by atoms with E-state index in [1.807, 2.05) is 12.5 Å². The van der Waals surface area contributed by atoms with Gasteiger partial charge >= 0.3 is 0 Å². The SMILES string of the molecule is CCCn1cncc1C(CN)NCc1cccs1. The van der Waals surface area contributed by atoms with Gasteiger partial charge < -0.3 is 15.6 Å². The Labute approximate surface area is 112 Å². The molecule has 0 saturated carbocycles. The molecule has 3 N–H and O–H groups in total. The van der Waals surface area contributed by atoms with Crippen LogP contribution in [0.25, 0.3) is 0 Å². The van der Waals surface area contributed by atoms with Crippen molar-refractivity contribution in [3.05, 3.63) is 40.6 Å². The van der Waals surface area contributed by atoms with Crippen LogP contribution in [0.3, 0.4) is 0 Å². The molecular weight excluding hydrogens is 244 g/mol. The smallest absolute Gasteiger partial charge is 0.0948 e. The van der Waals surface area contributed by atoms with E-state index in [1.54, 1.807) is 11.3 Å². The number of aryl methyl sites for hydroxylation is 1. The first-order valence-electron chi connectivity index (χ1n) is 6.31. The van der Waals surface area contributed by atoms with E-state index in [0.29, 0.717) is 6.54 Å². The van der Waals surface area contributed by atoms with Gasteiger partial charge in [-0.05, 0) is 17.9 Å². The minimum Gasteiger partial charge on any atom is -0.333 e. The van der Waals surface area contributed by atoms with E-state index in [4.69, 9.17) is 5.73 Å².